The third kappa shape index (κ3) is 5.34. The van der Waals surface area contributed by atoms with Gasteiger partial charge < -0.3 is 30.4 Å². The Morgan fingerprint density at radius 1 is 1.21 bits per heavy atom. The van der Waals surface area contributed by atoms with Crippen molar-refractivity contribution in [2.45, 2.75) is 57.7 Å². The lowest BCUT2D eigenvalue weighted by Gasteiger charge is -2.38. The number of H-pyrrole nitrogens is 1. The Kier molecular flexibility index (Phi) is 7.39. The minimum atomic E-state index is -1.18. The van der Waals surface area contributed by atoms with Gasteiger partial charge in [0.25, 0.3) is 11.8 Å². The summed E-state index contributed by atoms with van der Waals surface area (Å²) < 4.78 is 5.90. The van der Waals surface area contributed by atoms with Crippen LogP contribution in [0.25, 0.3) is 0 Å². The molecule has 2 atom stereocenters. The van der Waals surface area contributed by atoms with Crippen LogP contribution in [0.2, 0.25) is 5.15 Å². The van der Waals surface area contributed by atoms with Gasteiger partial charge in [-0.3, -0.25) is 9.59 Å². The topological polar surface area (TPSA) is 150 Å². The number of anilines is 1. The highest BCUT2D eigenvalue weighted by atomic mass is 35.5. The Morgan fingerprint density at radius 3 is 2.59 bits per heavy atom. The van der Waals surface area contributed by atoms with E-state index in [1.807, 2.05) is 18.7 Å². The van der Waals surface area contributed by atoms with Gasteiger partial charge in [-0.15, -0.1) is 0 Å². The molecule has 2 aromatic heterocycles. The summed E-state index contributed by atoms with van der Waals surface area (Å²) in [4.78, 5) is 50.2. The van der Waals surface area contributed by atoms with Crippen molar-refractivity contribution < 1.29 is 24.2 Å². The molecule has 2 aromatic rings. The Hall–Kier alpha value is -2.70. The Bertz CT molecular complexity index is 1080. The van der Waals surface area contributed by atoms with Crippen molar-refractivity contribution in [2.75, 3.05) is 24.6 Å². The average molecular weight is 511 g/mol. The number of carboxylic acids is 1. The van der Waals surface area contributed by atoms with Crippen molar-refractivity contribution in [1.82, 2.24) is 25.6 Å². The Morgan fingerprint density at radius 2 is 1.97 bits per heavy atom. The van der Waals surface area contributed by atoms with E-state index < -0.39 is 11.9 Å². The maximum Gasteiger partial charge on any atom is 0.348 e. The van der Waals surface area contributed by atoms with Crippen molar-refractivity contribution in [3.8, 4) is 0 Å². The van der Waals surface area contributed by atoms with Gasteiger partial charge in [-0.2, -0.15) is 0 Å². The van der Waals surface area contributed by atoms with E-state index in [0.717, 1.165) is 24.2 Å². The van der Waals surface area contributed by atoms with Gasteiger partial charge in [-0.1, -0.05) is 29.9 Å². The quantitative estimate of drug-likeness (QED) is 0.400. The first kappa shape index (κ1) is 24.4. The number of nitrogens with one attached hydrogen (secondary N) is 3. The average Bonchev–Trinajstić information content (AvgIpc) is 3.36. The van der Waals surface area contributed by atoms with Crippen molar-refractivity contribution in [3.05, 3.63) is 27.2 Å². The molecule has 4 rings (SSSR count). The maximum atomic E-state index is 12.7. The summed E-state index contributed by atoms with van der Waals surface area (Å²) in [6, 6.07) is -0.187. The molecule has 0 bridgehead atoms. The van der Waals surface area contributed by atoms with E-state index in [1.165, 1.54) is 0 Å². The number of ether oxygens (including phenoxy) is 1. The summed E-state index contributed by atoms with van der Waals surface area (Å²) in [5, 5.41) is 16.1. The zero-order valence-corrected chi connectivity index (χ0v) is 20.5. The second-order valence-electron chi connectivity index (χ2n) is 8.24. The van der Waals surface area contributed by atoms with Gasteiger partial charge in [0.2, 0.25) is 0 Å². The second kappa shape index (κ2) is 10.3. The van der Waals surface area contributed by atoms with Gasteiger partial charge in [0.05, 0.1) is 17.8 Å². The maximum absolute atomic E-state index is 12.7. The molecule has 0 radical (unpaired) electrons. The number of aromatic amines is 1. The molecule has 0 spiro atoms. The van der Waals surface area contributed by atoms with E-state index in [1.54, 1.807) is 0 Å². The number of halogens is 1. The summed E-state index contributed by atoms with van der Waals surface area (Å²) in [5.74, 6) is -1.87. The molecule has 2 aliphatic rings. The van der Waals surface area contributed by atoms with Crippen molar-refractivity contribution in [2.24, 2.45) is 0 Å². The fourth-order valence-electron chi connectivity index (χ4n) is 3.83. The summed E-state index contributed by atoms with van der Waals surface area (Å²) in [7, 11) is 0. The third-order valence-corrected chi connectivity index (χ3v) is 7.18. The number of aryl methyl sites for hydroxylation is 1. The highest BCUT2D eigenvalue weighted by Gasteiger charge is 2.35. The van der Waals surface area contributed by atoms with Crippen LogP contribution in [-0.4, -0.2) is 75.7 Å². The zero-order chi connectivity index (χ0) is 24.4. The van der Waals surface area contributed by atoms with Crippen LogP contribution in [0.5, 0.6) is 0 Å². The third-order valence-electron chi connectivity index (χ3n) is 5.76. The lowest BCUT2D eigenvalue weighted by atomic mass is 10.0. The number of amides is 2. The number of aromatic nitrogens is 3. The van der Waals surface area contributed by atoms with Gasteiger partial charge >= 0.3 is 5.97 Å². The van der Waals surface area contributed by atoms with Gasteiger partial charge in [0.1, 0.15) is 4.88 Å². The minimum Gasteiger partial charge on any atom is -0.477 e. The fourth-order valence-corrected chi connectivity index (χ4v) is 5.03. The van der Waals surface area contributed by atoms with Crippen LogP contribution in [0.1, 0.15) is 69.6 Å². The van der Waals surface area contributed by atoms with Crippen LogP contribution < -0.4 is 15.5 Å². The molecule has 1 aliphatic heterocycles. The van der Waals surface area contributed by atoms with Crippen molar-refractivity contribution in [1.29, 1.82) is 0 Å². The van der Waals surface area contributed by atoms with Gasteiger partial charge in [-0.25, -0.2) is 14.8 Å². The van der Waals surface area contributed by atoms with Gasteiger partial charge in [0, 0.05) is 25.7 Å². The smallest absolute Gasteiger partial charge is 0.348 e. The van der Waals surface area contributed by atoms with Crippen LogP contribution in [0.4, 0.5) is 5.13 Å². The molecule has 1 saturated carbocycles. The number of carbonyl (C=O) groups is 3. The molecule has 1 saturated heterocycles. The molecule has 0 aromatic carbocycles. The molecule has 1 aliphatic carbocycles. The largest absolute Gasteiger partial charge is 0.477 e. The van der Waals surface area contributed by atoms with Crippen molar-refractivity contribution >= 4 is 45.9 Å². The van der Waals surface area contributed by atoms with E-state index >= 15 is 0 Å². The molecule has 11 nitrogen and oxygen atoms in total. The second-order valence-corrected chi connectivity index (χ2v) is 9.58. The normalized spacial score (nSPS) is 20.3. The van der Waals surface area contributed by atoms with Crippen molar-refractivity contribution in [3.63, 3.8) is 0 Å². The summed E-state index contributed by atoms with van der Waals surface area (Å²) >= 11 is 7.03. The van der Waals surface area contributed by atoms with Gasteiger partial charge in [-0.05, 0) is 32.6 Å². The molecular formula is C21H27ClN6O5S. The highest BCUT2D eigenvalue weighted by molar-refractivity contribution is 7.17. The predicted octanol–water partition coefficient (Wildman–Crippen LogP) is 2.09. The van der Waals surface area contributed by atoms with Crippen LogP contribution in [0.3, 0.4) is 0 Å². The number of rotatable bonds is 9. The standard InChI is InChI=1S/C21H27ClN6O5S/c1-3-11-16(22)27-17(24-11)19(30)25-12-7-8-28(9-13(12)33-4-2)21-26-14(15(34-21)20(31)32)18(29)23-10-5-6-10/h10,12-13H,3-9H2,1-2H3,(H,23,29)(H,24,27)(H,25,30)(H,31,32). The monoisotopic (exact) mass is 510 g/mol. The van der Waals surface area contributed by atoms with Crippen LogP contribution in [0, 0.1) is 0 Å². The SMILES string of the molecule is CCOC1CN(c2nc(C(=O)NC3CC3)c(C(=O)O)s2)CCC1NC(=O)c1nc(Cl)c(CC)[nH]1. The number of piperidine rings is 1. The number of hydrogen-bond donors (Lipinski definition) is 4. The van der Waals surface area contributed by atoms with E-state index in [-0.39, 0.29) is 45.6 Å². The molecule has 3 heterocycles. The van der Waals surface area contributed by atoms with Crippen LogP contribution >= 0.6 is 22.9 Å². The Labute approximate surface area is 205 Å². The molecule has 2 unspecified atom stereocenters. The molecule has 184 valence electrons. The predicted molar refractivity (Wildman–Crippen MR) is 126 cm³/mol. The molecule has 13 heteroatoms. The van der Waals surface area contributed by atoms with Gasteiger partial charge in [0.15, 0.2) is 21.8 Å². The Balaban J connectivity index is 1.47. The van der Waals surface area contributed by atoms with E-state index in [2.05, 4.69) is 25.6 Å². The summed E-state index contributed by atoms with van der Waals surface area (Å²) in [6.07, 6.45) is 2.59. The number of imidazole rings is 1. The summed E-state index contributed by atoms with van der Waals surface area (Å²) in [5.41, 5.74) is 0.631. The molecule has 4 N–H and O–H groups in total. The lowest BCUT2D eigenvalue weighted by Crippen LogP contribution is -2.55. The molecule has 2 amide bonds. The first-order chi connectivity index (χ1) is 16.3. The molecule has 2 fully saturated rings. The first-order valence-electron chi connectivity index (χ1n) is 11.3. The number of nitrogens with zero attached hydrogens (tertiary/aromatic N) is 3. The number of hydrogen-bond acceptors (Lipinski definition) is 8. The van der Waals surface area contributed by atoms with Crippen LogP contribution in [-0.2, 0) is 11.2 Å². The number of carboxylic acid groups (broad SMARTS) is 1. The fraction of sp³-hybridized carbons (Fsp3) is 0.571. The minimum absolute atomic E-state index is 0.0655. The van der Waals surface area contributed by atoms with E-state index in [9.17, 15) is 19.5 Å². The summed E-state index contributed by atoms with van der Waals surface area (Å²) in [6.45, 7) is 5.10. The highest BCUT2D eigenvalue weighted by Crippen LogP contribution is 2.30. The van der Waals surface area contributed by atoms with Crippen LogP contribution in [0.15, 0.2) is 0 Å². The van der Waals surface area contributed by atoms with E-state index in [4.69, 9.17) is 16.3 Å². The number of aromatic carboxylic acids is 1. The molecular weight excluding hydrogens is 484 g/mol. The molecule has 34 heavy (non-hydrogen) atoms. The lowest BCUT2D eigenvalue weighted by molar-refractivity contribution is 0.0271. The first-order valence-corrected chi connectivity index (χ1v) is 12.5. The van der Waals surface area contributed by atoms with E-state index in [0.29, 0.717) is 43.4 Å². The zero-order valence-electron chi connectivity index (χ0n) is 18.9. The number of thiazole rings is 1. The number of carbonyl (C=O) groups excluding carboxylic acids is 2.